The molecule has 1 fully saturated rings. The minimum absolute atomic E-state index is 0.0724. The molecule has 27 heavy (non-hydrogen) atoms. The molecule has 144 valence electrons. The maximum absolute atomic E-state index is 12.7. The van der Waals surface area contributed by atoms with E-state index in [1.165, 1.54) is 7.11 Å². The molecule has 0 radical (unpaired) electrons. The van der Waals surface area contributed by atoms with Gasteiger partial charge in [-0.1, -0.05) is 53.5 Å². The lowest BCUT2D eigenvalue weighted by molar-refractivity contribution is 0.0162. The molecule has 0 spiro atoms. The summed E-state index contributed by atoms with van der Waals surface area (Å²) in [5.41, 5.74) is 1.56. The third-order valence-corrected chi connectivity index (χ3v) is 5.15. The molecule has 0 saturated carbocycles. The molecule has 1 aliphatic heterocycles. The van der Waals surface area contributed by atoms with Crippen molar-refractivity contribution in [2.75, 3.05) is 40.0 Å². The molecule has 1 unspecified atom stereocenters. The van der Waals surface area contributed by atoms with E-state index in [4.69, 9.17) is 32.7 Å². The summed E-state index contributed by atoms with van der Waals surface area (Å²) in [5.74, 6) is 0.140. The molecule has 0 aromatic heterocycles. The van der Waals surface area contributed by atoms with Crippen LogP contribution in [0.3, 0.4) is 0 Å². The van der Waals surface area contributed by atoms with E-state index in [2.05, 4.69) is 22.3 Å². The molecule has 3 rings (SSSR count). The average Bonchev–Trinajstić information content (AvgIpc) is 2.69. The number of amides is 1. The van der Waals surface area contributed by atoms with Crippen LogP contribution in [0.15, 0.2) is 42.5 Å². The van der Waals surface area contributed by atoms with E-state index >= 15 is 0 Å². The van der Waals surface area contributed by atoms with Gasteiger partial charge >= 0.3 is 0 Å². The summed E-state index contributed by atoms with van der Waals surface area (Å²) >= 11 is 12.3. The zero-order chi connectivity index (χ0) is 19.2. The molecule has 1 aliphatic rings. The Hall–Kier alpha value is -1.79. The first-order chi connectivity index (χ1) is 13.1. The van der Waals surface area contributed by atoms with Gasteiger partial charge in [0, 0.05) is 25.2 Å². The van der Waals surface area contributed by atoms with Crippen molar-refractivity contribution in [3.63, 3.8) is 0 Å². The maximum Gasteiger partial charge on any atom is 0.251 e. The Morgan fingerprint density at radius 2 is 1.81 bits per heavy atom. The monoisotopic (exact) mass is 408 g/mol. The minimum Gasteiger partial charge on any atom is -0.494 e. The lowest BCUT2D eigenvalue weighted by Crippen LogP contribution is -2.43. The van der Waals surface area contributed by atoms with Gasteiger partial charge in [-0.2, -0.15) is 0 Å². The Morgan fingerprint density at radius 1 is 1.19 bits per heavy atom. The number of nitrogens with zero attached hydrogens (tertiary/aromatic N) is 1. The standard InChI is InChI=1S/C20H22Cl2N2O3/c1-26-19-16(21)11-15(12-17(19)22)20(25)23-13-18(14-5-3-2-4-6-14)24-7-9-27-10-8-24/h2-6,11-12,18H,7-10,13H2,1H3,(H,23,25). The van der Waals surface area contributed by atoms with Crippen molar-refractivity contribution in [3.8, 4) is 5.75 Å². The van der Waals surface area contributed by atoms with Crippen molar-refractivity contribution in [2.45, 2.75) is 6.04 Å². The number of hydrogen-bond acceptors (Lipinski definition) is 4. The number of hydrogen-bond donors (Lipinski definition) is 1. The van der Waals surface area contributed by atoms with Gasteiger partial charge in [0.05, 0.1) is 36.4 Å². The Bertz CT molecular complexity index is 757. The first-order valence-electron chi connectivity index (χ1n) is 8.78. The number of morpholine rings is 1. The molecule has 0 bridgehead atoms. The lowest BCUT2D eigenvalue weighted by atomic mass is 10.0. The van der Waals surface area contributed by atoms with E-state index in [9.17, 15) is 4.79 Å². The van der Waals surface area contributed by atoms with Crippen LogP contribution >= 0.6 is 23.2 Å². The van der Waals surface area contributed by atoms with Gasteiger partial charge in [0.1, 0.15) is 0 Å². The number of carbonyl (C=O) groups excluding carboxylic acids is 1. The van der Waals surface area contributed by atoms with Crippen LogP contribution in [0, 0.1) is 0 Å². The van der Waals surface area contributed by atoms with E-state index < -0.39 is 0 Å². The van der Waals surface area contributed by atoms with Crippen LogP contribution in [0.25, 0.3) is 0 Å². The first kappa shape index (κ1) is 20.0. The maximum atomic E-state index is 12.7. The van der Waals surface area contributed by atoms with Gasteiger partial charge in [0.2, 0.25) is 0 Å². The summed E-state index contributed by atoms with van der Waals surface area (Å²) in [5, 5.41) is 3.62. The normalized spacial score (nSPS) is 16.0. The van der Waals surface area contributed by atoms with Gasteiger partial charge in [-0.3, -0.25) is 9.69 Å². The Balaban J connectivity index is 1.74. The summed E-state index contributed by atoms with van der Waals surface area (Å²) in [7, 11) is 1.49. The van der Waals surface area contributed by atoms with Crippen LogP contribution in [-0.2, 0) is 4.74 Å². The molecule has 1 saturated heterocycles. The van der Waals surface area contributed by atoms with E-state index in [-0.39, 0.29) is 11.9 Å². The lowest BCUT2D eigenvalue weighted by Gasteiger charge is -2.35. The van der Waals surface area contributed by atoms with Crippen molar-refractivity contribution in [2.24, 2.45) is 0 Å². The van der Waals surface area contributed by atoms with Gasteiger partial charge in [-0.05, 0) is 17.7 Å². The molecule has 7 heteroatoms. The molecule has 2 aromatic rings. The van der Waals surface area contributed by atoms with Crippen LogP contribution in [0.4, 0.5) is 0 Å². The fourth-order valence-corrected chi connectivity index (χ4v) is 3.84. The predicted octanol–water partition coefficient (Wildman–Crippen LogP) is 3.81. The molecular formula is C20H22Cl2N2O3. The molecule has 5 nitrogen and oxygen atoms in total. The molecule has 1 N–H and O–H groups in total. The molecule has 1 heterocycles. The highest BCUT2D eigenvalue weighted by atomic mass is 35.5. The number of rotatable bonds is 6. The highest BCUT2D eigenvalue weighted by Crippen LogP contribution is 2.33. The highest BCUT2D eigenvalue weighted by molar-refractivity contribution is 6.37. The Kier molecular flexibility index (Phi) is 6.96. The average molecular weight is 409 g/mol. The van der Waals surface area contributed by atoms with Crippen molar-refractivity contribution in [1.29, 1.82) is 0 Å². The first-order valence-corrected chi connectivity index (χ1v) is 9.53. The summed E-state index contributed by atoms with van der Waals surface area (Å²) in [6.07, 6.45) is 0. The fraction of sp³-hybridized carbons (Fsp3) is 0.350. The van der Waals surface area contributed by atoms with E-state index in [0.717, 1.165) is 18.7 Å². The van der Waals surface area contributed by atoms with Crippen LogP contribution in [0.1, 0.15) is 22.0 Å². The van der Waals surface area contributed by atoms with Crippen molar-refractivity contribution in [1.82, 2.24) is 10.2 Å². The minimum atomic E-state index is -0.226. The largest absolute Gasteiger partial charge is 0.494 e. The molecule has 1 amide bonds. The van der Waals surface area contributed by atoms with Gasteiger partial charge < -0.3 is 14.8 Å². The smallest absolute Gasteiger partial charge is 0.251 e. The van der Waals surface area contributed by atoms with Gasteiger partial charge in [0.15, 0.2) is 5.75 Å². The van der Waals surface area contributed by atoms with Gasteiger partial charge in [0.25, 0.3) is 5.91 Å². The SMILES string of the molecule is COc1c(Cl)cc(C(=O)NCC(c2ccccc2)N2CCOCC2)cc1Cl. The van der Waals surface area contributed by atoms with E-state index in [1.807, 2.05) is 18.2 Å². The Morgan fingerprint density at radius 3 is 2.41 bits per heavy atom. The zero-order valence-corrected chi connectivity index (χ0v) is 16.6. The zero-order valence-electron chi connectivity index (χ0n) is 15.1. The van der Waals surface area contributed by atoms with E-state index in [0.29, 0.717) is 41.1 Å². The summed E-state index contributed by atoms with van der Waals surface area (Å²) < 4.78 is 10.6. The molecule has 0 aliphatic carbocycles. The van der Waals surface area contributed by atoms with Crippen LogP contribution in [0.5, 0.6) is 5.75 Å². The van der Waals surface area contributed by atoms with Gasteiger partial charge in [-0.25, -0.2) is 0 Å². The quantitative estimate of drug-likeness (QED) is 0.789. The highest BCUT2D eigenvalue weighted by Gasteiger charge is 2.23. The van der Waals surface area contributed by atoms with Crippen LogP contribution in [-0.4, -0.2) is 50.8 Å². The molecule has 1 atom stereocenters. The number of nitrogens with one attached hydrogen (secondary N) is 1. The number of carbonyl (C=O) groups is 1. The van der Waals surface area contributed by atoms with Crippen molar-refractivity contribution >= 4 is 29.1 Å². The third kappa shape index (κ3) is 4.93. The number of benzene rings is 2. The van der Waals surface area contributed by atoms with Crippen molar-refractivity contribution in [3.05, 3.63) is 63.6 Å². The molecule has 2 aromatic carbocycles. The predicted molar refractivity (Wildman–Crippen MR) is 107 cm³/mol. The van der Waals surface area contributed by atoms with Gasteiger partial charge in [-0.15, -0.1) is 0 Å². The van der Waals surface area contributed by atoms with Crippen LogP contribution < -0.4 is 10.1 Å². The second-order valence-electron chi connectivity index (χ2n) is 6.26. The fourth-order valence-electron chi connectivity index (χ4n) is 3.20. The van der Waals surface area contributed by atoms with Crippen molar-refractivity contribution < 1.29 is 14.3 Å². The topological polar surface area (TPSA) is 50.8 Å². The summed E-state index contributed by atoms with van der Waals surface area (Å²) in [6, 6.07) is 13.4. The van der Waals surface area contributed by atoms with Crippen LogP contribution in [0.2, 0.25) is 10.0 Å². The number of ether oxygens (including phenoxy) is 2. The second kappa shape index (κ2) is 9.42. The third-order valence-electron chi connectivity index (χ3n) is 4.59. The number of methoxy groups -OCH3 is 1. The van der Waals surface area contributed by atoms with E-state index in [1.54, 1.807) is 12.1 Å². The molecular weight excluding hydrogens is 387 g/mol. The summed E-state index contributed by atoms with van der Waals surface area (Å²) in [6.45, 7) is 3.53. The number of halogens is 2. The summed E-state index contributed by atoms with van der Waals surface area (Å²) in [4.78, 5) is 15.0. The second-order valence-corrected chi connectivity index (χ2v) is 7.07. The Labute approximate surface area is 169 Å².